The van der Waals surface area contributed by atoms with E-state index < -0.39 is 23.9 Å². The number of ether oxygens (including phenoxy) is 2. The minimum absolute atomic E-state index is 0.193. The highest BCUT2D eigenvalue weighted by atomic mass is 35.5. The van der Waals surface area contributed by atoms with Crippen molar-refractivity contribution in [2.45, 2.75) is 40.7 Å². The molecule has 2 aromatic rings. The first-order valence-corrected chi connectivity index (χ1v) is 9.17. The zero-order chi connectivity index (χ0) is 21.0. The summed E-state index contributed by atoms with van der Waals surface area (Å²) in [7, 11) is 0. The predicted octanol–water partition coefficient (Wildman–Crippen LogP) is 3.95. The molecule has 1 atom stereocenters. The van der Waals surface area contributed by atoms with Gasteiger partial charge in [-0.05, 0) is 57.9 Å². The number of H-pyrrole nitrogens is 1. The van der Waals surface area contributed by atoms with E-state index in [0.717, 1.165) is 5.56 Å². The Morgan fingerprint density at radius 2 is 1.86 bits per heavy atom. The van der Waals surface area contributed by atoms with Gasteiger partial charge in [0.05, 0.1) is 12.2 Å². The smallest absolute Gasteiger partial charge is 0.355 e. The number of anilines is 1. The summed E-state index contributed by atoms with van der Waals surface area (Å²) in [5.41, 5.74) is 2.65. The second kappa shape index (κ2) is 8.93. The minimum Gasteiger partial charge on any atom is -0.461 e. The van der Waals surface area contributed by atoms with E-state index >= 15 is 0 Å². The molecule has 150 valence electrons. The molecular formula is C20H23ClN2O5. The van der Waals surface area contributed by atoms with Crippen LogP contribution in [0.1, 0.15) is 51.5 Å². The molecule has 7 nitrogen and oxygen atoms in total. The van der Waals surface area contributed by atoms with Crippen molar-refractivity contribution in [3.8, 4) is 0 Å². The van der Waals surface area contributed by atoms with Gasteiger partial charge in [0.15, 0.2) is 6.10 Å². The molecule has 0 saturated heterocycles. The number of hydrogen-bond donors (Lipinski definition) is 2. The largest absolute Gasteiger partial charge is 0.461 e. The second-order valence-electron chi connectivity index (χ2n) is 6.34. The van der Waals surface area contributed by atoms with E-state index in [1.165, 1.54) is 6.92 Å². The molecule has 2 N–H and O–H groups in total. The molecule has 0 radical (unpaired) electrons. The molecule has 0 aliphatic heterocycles. The highest BCUT2D eigenvalue weighted by Gasteiger charge is 2.26. The Bertz CT molecular complexity index is 920. The number of rotatable bonds is 6. The lowest BCUT2D eigenvalue weighted by atomic mass is 10.1. The monoisotopic (exact) mass is 406 g/mol. The zero-order valence-corrected chi connectivity index (χ0v) is 17.2. The summed E-state index contributed by atoms with van der Waals surface area (Å²) >= 11 is 5.95. The number of nitrogens with one attached hydrogen (secondary N) is 2. The Hall–Kier alpha value is -2.80. The van der Waals surface area contributed by atoms with Crippen molar-refractivity contribution in [2.75, 3.05) is 11.9 Å². The lowest BCUT2D eigenvalue weighted by Gasteiger charge is -2.15. The number of benzene rings is 1. The number of amides is 1. The Labute approximate surface area is 168 Å². The first kappa shape index (κ1) is 21.5. The number of aromatic nitrogens is 1. The Balaban J connectivity index is 2.13. The predicted molar refractivity (Wildman–Crippen MR) is 106 cm³/mol. The molecular weight excluding hydrogens is 384 g/mol. The third kappa shape index (κ3) is 4.72. The molecule has 0 aliphatic carbocycles. The van der Waals surface area contributed by atoms with E-state index in [9.17, 15) is 14.4 Å². The van der Waals surface area contributed by atoms with Crippen LogP contribution < -0.4 is 5.32 Å². The van der Waals surface area contributed by atoms with E-state index in [-0.39, 0.29) is 17.9 Å². The van der Waals surface area contributed by atoms with Gasteiger partial charge in [-0.1, -0.05) is 17.7 Å². The Morgan fingerprint density at radius 1 is 1.18 bits per heavy atom. The summed E-state index contributed by atoms with van der Waals surface area (Å²) in [4.78, 5) is 39.8. The van der Waals surface area contributed by atoms with Crippen molar-refractivity contribution in [2.24, 2.45) is 0 Å². The lowest BCUT2D eigenvalue weighted by molar-refractivity contribution is -0.123. The van der Waals surface area contributed by atoms with Gasteiger partial charge in [0.1, 0.15) is 5.69 Å². The molecule has 1 amide bonds. The third-order valence-corrected chi connectivity index (χ3v) is 4.47. The van der Waals surface area contributed by atoms with Gasteiger partial charge in [-0.25, -0.2) is 9.59 Å². The molecule has 0 bridgehead atoms. The highest BCUT2D eigenvalue weighted by Crippen LogP contribution is 2.22. The molecule has 8 heteroatoms. The molecule has 0 saturated carbocycles. The van der Waals surface area contributed by atoms with Gasteiger partial charge < -0.3 is 19.8 Å². The van der Waals surface area contributed by atoms with Crippen LogP contribution in [0.5, 0.6) is 0 Å². The lowest BCUT2D eigenvalue weighted by Crippen LogP contribution is -2.30. The fraction of sp³-hybridized carbons (Fsp3) is 0.350. The number of carbonyl (C=O) groups excluding carboxylic acids is 3. The van der Waals surface area contributed by atoms with E-state index in [2.05, 4.69) is 10.3 Å². The van der Waals surface area contributed by atoms with Crippen LogP contribution in [0.2, 0.25) is 5.02 Å². The fourth-order valence-corrected chi connectivity index (χ4v) is 2.87. The van der Waals surface area contributed by atoms with Gasteiger partial charge in [-0.2, -0.15) is 0 Å². The van der Waals surface area contributed by atoms with Crippen molar-refractivity contribution < 1.29 is 23.9 Å². The topological polar surface area (TPSA) is 97.5 Å². The number of hydrogen-bond acceptors (Lipinski definition) is 5. The molecule has 1 heterocycles. The molecule has 0 aliphatic rings. The number of aryl methyl sites for hydroxylation is 2. The molecule has 0 fully saturated rings. The van der Waals surface area contributed by atoms with Gasteiger partial charge in [0, 0.05) is 16.4 Å². The second-order valence-corrected chi connectivity index (χ2v) is 6.78. The van der Waals surface area contributed by atoms with Gasteiger partial charge in [0.25, 0.3) is 5.91 Å². The van der Waals surface area contributed by atoms with Gasteiger partial charge in [0.2, 0.25) is 0 Å². The summed E-state index contributed by atoms with van der Waals surface area (Å²) in [5.74, 6) is -1.74. The summed E-state index contributed by atoms with van der Waals surface area (Å²) in [6.45, 7) is 8.47. The number of aromatic amines is 1. The van der Waals surface area contributed by atoms with E-state index in [1.54, 1.807) is 39.0 Å². The molecule has 0 spiro atoms. The quantitative estimate of drug-likeness (QED) is 0.708. The number of halogens is 1. The van der Waals surface area contributed by atoms with Crippen LogP contribution in [-0.4, -0.2) is 35.5 Å². The van der Waals surface area contributed by atoms with Crippen LogP contribution in [0.3, 0.4) is 0 Å². The maximum atomic E-state index is 12.6. The van der Waals surface area contributed by atoms with Gasteiger partial charge in [-0.3, -0.25) is 4.79 Å². The van der Waals surface area contributed by atoms with Gasteiger partial charge in [-0.15, -0.1) is 0 Å². The summed E-state index contributed by atoms with van der Waals surface area (Å²) in [5, 5.41) is 3.18. The van der Waals surface area contributed by atoms with Crippen LogP contribution >= 0.6 is 11.6 Å². The Kier molecular flexibility index (Phi) is 6.85. The van der Waals surface area contributed by atoms with Crippen molar-refractivity contribution in [3.05, 3.63) is 51.3 Å². The minimum atomic E-state index is -1.05. The molecule has 0 unspecified atom stereocenters. The zero-order valence-electron chi connectivity index (χ0n) is 16.4. The van der Waals surface area contributed by atoms with Crippen LogP contribution in [-0.2, 0) is 14.3 Å². The van der Waals surface area contributed by atoms with Crippen molar-refractivity contribution in [1.29, 1.82) is 0 Å². The average Bonchev–Trinajstić information content (AvgIpc) is 2.92. The summed E-state index contributed by atoms with van der Waals surface area (Å²) in [6.07, 6.45) is -1.05. The first-order chi connectivity index (χ1) is 13.1. The van der Waals surface area contributed by atoms with Crippen molar-refractivity contribution in [1.82, 2.24) is 4.98 Å². The van der Waals surface area contributed by atoms with Crippen LogP contribution in [0.4, 0.5) is 5.69 Å². The van der Waals surface area contributed by atoms with Crippen LogP contribution in [0.15, 0.2) is 18.2 Å². The van der Waals surface area contributed by atoms with Crippen LogP contribution in [0.25, 0.3) is 0 Å². The maximum Gasteiger partial charge on any atom is 0.355 e. The molecule has 2 rings (SSSR count). The summed E-state index contributed by atoms with van der Waals surface area (Å²) in [6, 6.07) is 5.11. The SMILES string of the molecule is CCOC(=O)c1[nH]c(C)c(C(=O)O[C@H](C)C(=O)Nc2cc(Cl)ccc2C)c1C. The van der Waals surface area contributed by atoms with Crippen molar-refractivity contribution in [3.63, 3.8) is 0 Å². The van der Waals surface area contributed by atoms with E-state index in [4.69, 9.17) is 21.1 Å². The fourth-order valence-electron chi connectivity index (χ4n) is 2.70. The van der Waals surface area contributed by atoms with Gasteiger partial charge >= 0.3 is 11.9 Å². The number of carbonyl (C=O) groups is 3. The highest BCUT2D eigenvalue weighted by molar-refractivity contribution is 6.31. The molecule has 28 heavy (non-hydrogen) atoms. The Morgan fingerprint density at radius 3 is 2.50 bits per heavy atom. The average molecular weight is 407 g/mol. The standard InChI is InChI=1S/C20H23ClN2O5/c1-6-27-20(26)17-11(3)16(12(4)22-17)19(25)28-13(5)18(24)23-15-9-14(21)8-7-10(15)2/h7-9,13,22H,6H2,1-5H3,(H,23,24)/t13-/m1/s1. The van der Waals surface area contributed by atoms with E-state index in [1.807, 2.05) is 6.92 Å². The summed E-state index contributed by atoms with van der Waals surface area (Å²) < 4.78 is 10.3. The number of esters is 2. The van der Waals surface area contributed by atoms with Crippen molar-refractivity contribution >= 4 is 35.1 Å². The normalized spacial score (nSPS) is 11.6. The first-order valence-electron chi connectivity index (χ1n) is 8.80. The molecule has 1 aromatic heterocycles. The third-order valence-electron chi connectivity index (χ3n) is 4.23. The van der Waals surface area contributed by atoms with E-state index in [0.29, 0.717) is 22.0 Å². The molecule has 1 aromatic carbocycles. The maximum absolute atomic E-state index is 12.6. The van der Waals surface area contributed by atoms with Crippen LogP contribution in [0, 0.1) is 20.8 Å².